The summed E-state index contributed by atoms with van der Waals surface area (Å²) in [5, 5.41) is 10.8. The summed E-state index contributed by atoms with van der Waals surface area (Å²) in [4.78, 5) is 19.2. The number of aromatic nitrogens is 1. The molecule has 8 heteroatoms. The number of nitrogen functional groups attached to an aromatic ring is 1. The number of carbonyl (C=O) groups is 1. The molecule has 0 bridgehead atoms. The number of hydrogen-bond donors (Lipinski definition) is 3. The van der Waals surface area contributed by atoms with E-state index in [1.54, 1.807) is 0 Å². The molecule has 0 atom stereocenters. The summed E-state index contributed by atoms with van der Waals surface area (Å²) in [5.74, 6) is -0.238. The van der Waals surface area contributed by atoms with Gasteiger partial charge in [0.1, 0.15) is 15.5 Å². The maximum atomic E-state index is 11.6. The molecule has 29 heavy (non-hydrogen) atoms. The third kappa shape index (κ3) is 3.94. The number of nitrogens with zero attached hydrogens (tertiary/aromatic N) is 2. The van der Waals surface area contributed by atoms with E-state index < -0.39 is 5.97 Å². The standard InChI is InChI=1S/C21H21ClN4O2S/c22-15-4-2-1-3-12(15)5-6-13-11-16(26-9-7-14(23)8-10-26)25-20-17(13)18(24)19(29-20)21(27)28/h1-6,11,14H,7-10,23-24H2,(H,27,28)/b6-5+. The fourth-order valence-corrected chi connectivity index (χ4v) is 4.67. The molecule has 6 nitrogen and oxygen atoms in total. The third-order valence-electron chi connectivity index (χ3n) is 5.12. The first-order valence-electron chi connectivity index (χ1n) is 9.33. The molecule has 2 aromatic heterocycles. The molecular formula is C21H21ClN4O2S. The van der Waals surface area contributed by atoms with Gasteiger partial charge in [-0.2, -0.15) is 0 Å². The minimum Gasteiger partial charge on any atom is -0.477 e. The number of piperidine rings is 1. The highest BCUT2D eigenvalue weighted by Crippen LogP contribution is 2.38. The van der Waals surface area contributed by atoms with E-state index in [-0.39, 0.29) is 16.6 Å². The Labute approximate surface area is 177 Å². The first-order valence-corrected chi connectivity index (χ1v) is 10.5. The number of aromatic carboxylic acids is 1. The largest absolute Gasteiger partial charge is 0.477 e. The lowest BCUT2D eigenvalue weighted by molar-refractivity contribution is 0.0703. The van der Waals surface area contributed by atoms with Crippen molar-refractivity contribution in [1.29, 1.82) is 0 Å². The van der Waals surface area contributed by atoms with Gasteiger partial charge in [0, 0.05) is 29.5 Å². The zero-order chi connectivity index (χ0) is 20.5. The summed E-state index contributed by atoms with van der Waals surface area (Å²) in [6.45, 7) is 1.64. The first kappa shape index (κ1) is 19.7. The molecule has 150 valence electrons. The minimum absolute atomic E-state index is 0.109. The number of fused-ring (bicyclic) bond motifs is 1. The van der Waals surface area contributed by atoms with Crippen molar-refractivity contribution in [3.63, 3.8) is 0 Å². The quantitative estimate of drug-likeness (QED) is 0.571. The lowest BCUT2D eigenvalue weighted by Crippen LogP contribution is -2.40. The molecule has 0 saturated carbocycles. The summed E-state index contributed by atoms with van der Waals surface area (Å²) in [6, 6.07) is 9.71. The first-order chi connectivity index (χ1) is 13.9. The maximum absolute atomic E-state index is 11.6. The highest BCUT2D eigenvalue weighted by molar-refractivity contribution is 7.21. The molecule has 0 spiro atoms. The Morgan fingerprint density at radius 2 is 1.93 bits per heavy atom. The van der Waals surface area contributed by atoms with Crippen molar-refractivity contribution in [3.05, 3.63) is 51.4 Å². The molecule has 3 heterocycles. The number of benzene rings is 1. The van der Waals surface area contributed by atoms with Gasteiger partial charge >= 0.3 is 5.97 Å². The van der Waals surface area contributed by atoms with Crippen molar-refractivity contribution in [3.8, 4) is 0 Å². The second-order valence-corrected chi connectivity index (χ2v) is 8.49. The number of thiophene rings is 1. The maximum Gasteiger partial charge on any atom is 0.348 e. The molecule has 3 aromatic rings. The van der Waals surface area contributed by atoms with Gasteiger partial charge < -0.3 is 21.5 Å². The van der Waals surface area contributed by atoms with Crippen LogP contribution >= 0.6 is 22.9 Å². The van der Waals surface area contributed by atoms with Gasteiger partial charge in [0.05, 0.1) is 5.69 Å². The zero-order valence-corrected chi connectivity index (χ0v) is 17.2. The Bertz CT molecular complexity index is 1100. The van der Waals surface area contributed by atoms with E-state index in [9.17, 15) is 9.90 Å². The molecule has 1 fully saturated rings. The fourth-order valence-electron chi connectivity index (χ4n) is 3.51. The number of pyridine rings is 1. The highest BCUT2D eigenvalue weighted by atomic mass is 35.5. The van der Waals surface area contributed by atoms with Crippen molar-refractivity contribution in [2.24, 2.45) is 5.73 Å². The van der Waals surface area contributed by atoms with Crippen LogP contribution in [0.15, 0.2) is 30.3 Å². The van der Waals surface area contributed by atoms with Gasteiger partial charge in [0.15, 0.2) is 0 Å². The van der Waals surface area contributed by atoms with Crippen LogP contribution in [0, 0.1) is 0 Å². The average Bonchev–Trinajstić information content (AvgIpc) is 3.05. The molecule has 5 N–H and O–H groups in total. The van der Waals surface area contributed by atoms with Crippen LogP contribution in [0.1, 0.15) is 33.6 Å². The van der Waals surface area contributed by atoms with Crippen LogP contribution in [-0.4, -0.2) is 35.2 Å². The van der Waals surface area contributed by atoms with Crippen LogP contribution in [0.3, 0.4) is 0 Å². The second-order valence-electron chi connectivity index (χ2n) is 7.08. The number of carboxylic acids is 1. The number of carboxylic acid groups (broad SMARTS) is 1. The van der Waals surface area contributed by atoms with Crippen molar-refractivity contribution in [2.75, 3.05) is 23.7 Å². The van der Waals surface area contributed by atoms with Crippen molar-refractivity contribution in [2.45, 2.75) is 18.9 Å². The number of nitrogens with two attached hydrogens (primary N) is 2. The van der Waals surface area contributed by atoms with E-state index in [4.69, 9.17) is 28.1 Å². The van der Waals surface area contributed by atoms with Crippen molar-refractivity contribution >= 4 is 62.8 Å². The molecule has 0 radical (unpaired) electrons. The van der Waals surface area contributed by atoms with Crippen LogP contribution in [0.5, 0.6) is 0 Å². The predicted octanol–water partition coefficient (Wildman–Crippen LogP) is 4.33. The number of anilines is 2. The van der Waals surface area contributed by atoms with Crippen LogP contribution < -0.4 is 16.4 Å². The van der Waals surface area contributed by atoms with Crippen LogP contribution in [-0.2, 0) is 0 Å². The summed E-state index contributed by atoms with van der Waals surface area (Å²) >= 11 is 7.37. The van der Waals surface area contributed by atoms with Gasteiger partial charge in [-0.05, 0) is 36.1 Å². The SMILES string of the molecule is Nc1c(C(=O)O)sc2nc(N3CCC(N)CC3)cc(/C=C/c3ccccc3Cl)c12. The van der Waals surface area contributed by atoms with E-state index in [2.05, 4.69) is 4.90 Å². The number of rotatable bonds is 4. The van der Waals surface area contributed by atoms with Crippen molar-refractivity contribution in [1.82, 2.24) is 4.98 Å². The van der Waals surface area contributed by atoms with E-state index >= 15 is 0 Å². The van der Waals surface area contributed by atoms with E-state index in [1.165, 1.54) is 0 Å². The Balaban J connectivity index is 1.83. The number of hydrogen-bond acceptors (Lipinski definition) is 6. The fraction of sp³-hybridized carbons (Fsp3) is 0.238. The van der Waals surface area contributed by atoms with Crippen LogP contribution in [0.4, 0.5) is 11.5 Å². The zero-order valence-electron chi connectivity index (χ0n) is 15.6. The molecule has 4 rings (SSSR count). The van der Waals surface area contributed by atoms with Crippen molar-refractivity contribution < 1.29 is 9.90 Å². The lowest BCUT2D eigenvalue weighted by atomic mass is 10.0. The summed E-state index contributed by atoms with van der Waals surface area (Å²) in [7, 11) is 0. The van der Waals surface area contributed by atoms with Gasteiger partial charge in [-0.25, -0.2) is 9.78 Å². The van der Waals surface area contributed by atoms with Gasteiger partial charge in [0.2, 0.25) is 0 Å². The summed E-state index contributed by atoms with van der Waals surface area (Å²) < 4.78 is 0. The van der Waals surface area contributed by atoms with Crippen LogP contribution in [0.2, 0.25) is 5.02 Å². The topological polar surface area (TPSA) is 105 Å². The molecule has 0 aliphatic carbocycles. The van der Waals surface area contributed by atoms with Gasteiger partial charge in [-0.3, -0.25) is 0 Å². The summed E-state index contributed by atoms with van der Waals surface area (Å²) in [6.07, 6.45) is 5.62. The van der Waals surface area contributed by atoms with Gasteiger partial charge in [-0.15, -0.1) is 11.3 Å². The molecule has 0 amide bonds. The lowest BCUT2D eigenvalue weighted by Gasteiger charge is -2.31. The Morgan fingerprint density at radius 3 is 2.62 bits per heavy atom. The average molecular weight is 429 g/mol. The Hall–Kier alpha value is -2.61. The van der Waals surface area contributed by atoms with E-state index in [0.717, 1.165) is 54.2 Å². The summed E-state index contributed by atoms with van der Waals surface area (Å²) in [5.41, 5.74) is 14.2. The van der Waals surface area contributed by atoms with Gasteiger partial charge in [-0.1, -0.05) is 42.0 Å². The second kappa shape index (κ2) is 8.02. The minimum atomic E-state index is -1.04. The van der Waals surface area contributed by atoms with Gasteiger partial charge in [0.25, 0.3) is 0 Å². The predicted molar refractivity (Wildman–Crippen MR) is 121 cm³/mol. The Kier molecular flexibility index (Phi) is 5.45. The molecule has 0 unspecified atom stereocenters. The molecular weight excluding hydrogens is 408 g/mol. The smallest absolute Gasteiger partial charge is 0.348 e. The molecule has 1 aliphatic rings. The van der Waals surface area contributed by atoms with Crippen LogP contribution in [0.25, 0.3) is 22.4 Å². The molecule has 1 aliphatic heterocycles. The monoisotopic (exact) mass is 428 g/mol. The number of halogens is 1. The highest BCUT2D eigenvalue weighted by Gasteiger charge is 2.22. The third-order valence-corrected chi connectivity index (χ3v) is 6.55. The normalized spacial score (nSPS) is 15.4. The van der Waals surface area contributed by atoms with E-state index in [0.29, 0.717) is 15.2 Å². The Morgan fingerprint density at radius 1 is 1.24 bits per heavy atom. The molecule has 1 aromatic carbocycles. The molecule has 1 saturated heterocycles. The van der Waals surface area contributed by atoms with E-state index in [1.807, 2.05) is 42.5 Å².